The van der Waals surface area contributed by atoms with Crippen LogP contribution in [-0.2, 0) is 9.53 Å². The molecule has 29 heavy (non-hydrogen) atoms. The van der Waals surface area contributed by atoms with Crippen molar-refractivity contribution in [1.29, 1.82) is 0 Å². The van der Waals surface area contributed by atoms with E-state index in [0.29, 0.717) is 5.02 Å². The van der Waals surface area contributed by atoms with E-state index in [1.54, 1.807) is 12.1 Å². The molecule has 6 heteroatoms. The van der Waals surface area contributed by atoms with Gasteiger partial charge in [-0.05, 0) is 51.0 Å². The average Bonchev–Trinajstić information content (AvgIpc) is 2.65. The van der Waals surface area contributed by atoms with E-state index in [-0.39, 0.29) is 30.8 Å². The van der Waals surface area contributed by atoms with Gasteiger partial charge >= 0.3 is 6.09 Å². The van der Waals surface area contributed by atoms with Gasteiger partial charge in [-0.25, -0.2) is 4.79 Å². The molecule has 2 rings (SSSR count). The van der Waals surface area contributed by atoms with Gasteiger partial charge in [0.15, 0.2) is 0 Å². The van der Waals surface area contributed by atoms with Crippen LogP contribution in [0.1, 0.15) is 57.2 Å². The van der Waals surface area contributed by atoms with Crippen molar-refractivity contribution in [3.63, 3.8) is 0 Å². The fourth-order valence-electron chi connectivity index (χ4n) is 2.91. The zero-order valence-corrected chi connectivity index (χ0v) is 18.1. The normalized spacial score (nSPS) is 13.3. The lowest BCUT2D eigenvalue weighted by Gasteiger charge is -2.23. The SMILES string of the molecule is C[C@H](NC(=O)C[C@@H](CNC(=O)OC(C)(C)C)c1ccc(Cl)cc1)c1ccccc1. The van der Waals surface area contributed by atoms with E-state index >= 15 is 0 Å². The van der Waals surface area contributed by atoms with E-state index in [4.69, 9.17) is 16.3 Å². The quantitative estimate of drug-likeness (QED) is 0.650. The first-order valence-corrected chi connectivity index (χ1v) is 10.1. The van der Waals surface area contributed by atoms with Crippen LogP contribution in [0.25, 0.3) is 0 Å². The fourth-order valence-corrected chi connectivity index (χ4v) is 3.04. The van der Waals surface area contributed by atoms with E-state index in [1.807, 2.05) is 70.2 Å². The average molecular weight is 417 g/mol. The van der Waals surface area contributed by atoms with Crippen LogP contribution in [0, 0.1) is 0 Å². The van der Waals surface area contributed by atoms with Crippen LogP contribution in [0.15, 0.2) is 54.6 Å². The van der Waals surface area contributed by atoms with Crippen LogP contribution in [0.4, 0.5) is 4.79 Å². The first-order chi connectivity index (χ1) is 13.6. The van der Waals surface area contributed by atoms with Crippen molar-refractivity contribution in [3.05, 3.63) is 70.7 Å². The number of carbonyl (C=O) groups is 2. The second kappa shape index (κ2) is 10.3. The van der Waals surface area contributed by atoms with Gasteiger partial charge in [0.25, 0.3) is 0 Å². The molecule has 2 amide bonds. The highest BCUT2D eigenvalue weighted by Gasteiger charge is 2.21. The number of nitrogens with one attached hydrogen (secondary N) is 2. The Bertz CT molecular complexity index is 801. The second-order valence-electron chi connectivity index (χ2n) is 8.04. The summed E-state index contributed by atoms with van der Waals surface area (Å²) in [5.41, 5.74) is 1.38. The summed E-state index contributed by atoms with van der Waals surface area (Å²) in [7, 11) is 0. The Kier molecular flexibility index (Phi) is 8.09. The van der Waals surface area contributed by atoms with Crippen molar-refractivity contribution in [3.8, 4) is 0 Å². The lowest BCUT2D eigenvalue weighted by molar-refractivity contribution is -0.122. The molecule has 2 aromatic rings. The minimum atomic E-state index is -0.581. The minimum absolute atomic E-state index is 0.0905. The molecular weight excluding hydrogens is 388 g/mol. The van der Waals surface area contributed by atoms with Crippen LogP contribution in [0.5, 0.6) is 0 Å². The van der Waals surface area contributed by atoms with Crippen LogP contribution < -0.4 is 10.6 Å². The number of alkyl carbamates (subject to hydrolysis) is 1. The fraction of sp³-hybridized carbons (Fsp3) is 0.391. The number of hydrogen-bond acceptors (Lipinski definition) is 3. The van der Waals surface area contributed by atoms with Gasteiger partial charge in [0, 0.05) is 23.9 Å². The summed E-state index contributed by atoms with van der Waals surface area (Å²) in [5.74, 6) is -0.296. The highest BCUT2D eigenvalue weighted by Crippen LogP contribution is 2.22. The molecule has 0 aliphatic carbocycles. The molecule has 0 spiro atoms. The number of carbonyl (C=O) groups excluding carboxylic acids is 2. The van der Waals surface area contributed by atoms with Crippen molar-refractivity contribution >= 4 is 23.6 Å². The predicted molar refractivity (Wildman–Crippen MR) is 116 cm³/mol. The van der Waals surface area contributed by atoms with Gasteiger partial charge in [-0.1, -0.05) is 54.1 Å². The van der Waals surface area contributed by atoms with E-state index in [0.717, 1.165) is 11.1 Å². The molecule has 2 aromatic carbocycles. The molecule has 0 unspecified atom stereocenters. The highest BCUT2D eigenvalue weighted by molar-refractivity contribution is 6.30. The second-order valence-corrected chi connectivity index (χ2v) is 8.47. The molecule has 0 radical (unpaired) electrons. The van der Waals surface area contributed by atoms with Gasteiger partial charge < -0.3 is 15.4 Å². The van der Waals surface area contributed by atoms with E-state index in [9.17, 15) is 9.59 Å². The van der Waals surface area contributed by atoms with Crippen LogP contribution in [-0.4, -0.2) is 24.1 Å². The molecular formula is C23H29ClN2O3. The minimum Gasteiger partial charge on any atom is -0.444 e. The largest absolute Gasteiger partial charge is 0.444 e. The first-order valence-electron chi connectivity index (χ1n) is 9.70. The summed E-state index contributed by atoms with van der Waals surface area (Å²) >= 11 is 5.99. The van der Waals surface area contributed by atoms with E-state index in [2.05, 4.69) is 10.6 Å². The number of hydrogen-bond donors (Lipinski definition) is 2. The molecule has 2 atom stereocenters. The third-order valence-electron chi connectivity index (χ3n) is 4.34. The molecule has 0 bridgehead atoms. The summed E-state index contributed by atoms with van der Waals surface area (Å²) in [6.07, 6.45) is -0.274. The number of rotatable bonds is 7. The van der Waals surface area contributed by atoms with Crippen molar-refractivity contribution < 1.29 is 14.3 Å². The lowest BCUT2D eigenvalue weighted by Crippen LogP contribution is -2.36. The molecule has 0 heterocycles. The van der Waals surface area contributed by atoms with Gasteiger partial charge in [-0.15, -0.1) is 0 Å². The molecule has 0 saturated heterocycles. The Labute approximate surface area is 177 Å². The topological polar surface area (TPSA) is 67.4 Å². The third kappa shape index (κ3) is 8.16. The summed E-state index contributed by atoms with van der Waals surface area (Å²) in [5, 5.41) is 6.41. The number of benzene rings is 2. The Morgan fingerprint density at radius 2 is 1.62 bits per heavy atom. The number of ether oxygens (including phenoxy) is 1. The third-order valence-corrected chi connectivity index (χ3v) is 4.59. The Morgan fingerprint density at radius 3 is 2.21 bits per heavy atom. The monoisotopic (exact) mass is 416 g/mol. The molecule has 0 aliphatic rings. The molecule has 2 N–H and O–H groups in total. The van der Waals surface area contributed by atoms with E-state index < -0.39 is 11.7 Å². The Hall–Kier alpha value is -2.53. The molecule has 0 aromatic heterocycles. The van der Waals surface area contributed by atoms with Crippen LogP contribution >= 0.6 is 11.6 Å². The van der Waals surface area contributed by atoms with Crippen molar-refractivity contribution in [2.45, 2.75) is 51.7 Å². The van der Waals surface area contributed by atoms with Crippen molar-refractivity contribution in [2.75, 3.05) is 6.54 Å². The smallest absolute Gasteiger partial charge is 0.407 e. The molecule has 0 aliphatic heterocycles. The van der Waals surface area contributed by atoms with Crippen LogP contribution in [0.3, 0.4) is 0 Å². The van der Waals surface area contributed by atoms with Crippen molar-refractivity contribution in [2.24, 2.45) is 0 Å². The van der Waals surface area contributed by atoms with Gasteiger partial charge in [0.05, 0.1) is 6.04 Å². The Morgan fingerprint density at radius 1 is 1.00 bits per heavy atom. The number of halogens is 1. The zero-order valence-electron chi connectivity index (χ0n) is 17.4. The molecule has 0 saturated carbocycles. The Balaban J connectivity index is 2.03. The summed E-state index contributed by atoms with van der Waals surface area (Å²) in [6, 6.07) is 17.0. The first kappa shape index (κ1) is 22.8. The van der Waals surface area contributed by atoms with Gasteiger partial charge in [-0.2, -0.15) is 0 Å². The zero-order chi connectivity index (χ0) is 21.4. The maximum absolute atomic E-state index is 12.7. The standard InChI is InChI=1S/C23H29ClN2O3/c1-16(17-8-6-5-7-9-17)26-21(27)14-19(18-10-12-20(24)13-11-18)15-25-22(28)29-23(2,3)4/h5-13,16,19H,14-15H2,1-4H3,(H,25,28)(H,26,27)/t16-,19-/m0/s1. The summed E-state index contributed by atoms with van der Waals surface area (Å²) in [6.45, 7) is 7.65. The number of amides is 2. The van der Waals surface area contributed by atoms with E-state index in [1.165, 1.54) is 0 Å². The van der Waals surface area contributed by atoms with Crippen LogP contribution in [0.2, 0.25) is 5.02 Å². The summed E-state index contributed by atoms with van der Waals surface area (Å²) < 4.78 is 5.30. The predicted octanol–water partition coefficient (Wildman–Crippen LogP) is 5.22. The molecule has 0 fully saturated rings. The lowest BCUT2D eigenvalue weighted by atomic mass is 9.95. The molecule has 5 nitrogen and oxygen atoms in total. The van der Waals surface area contributed by atoms with Gasteiger partial charge in [0.2, 0.25) is 5.91 Å². The van der Waals surface area contributed by atoms with Gasteiger partial charge in [-0.3, -0.25) is 4.79 Å². The highest BCUT2D eigenvalue weighted by atomic mass is 35.5. The summed E-state index contributed by atoms with van der Waals surface area (Å²) in [4.78, 5) is 24.7. The maximum atomic E-state index is 12.7. The maximum Gasteiger partial charge on any atom is 0.407 e. The van der Waals surface area contributed by atoms with Gasteiger partial charge in [0.1, 0.15) is 5.60 Å². The molecule has 156 valence electrons. The van der Waals surface area contributed by atoms with Crippen molar-refractivity contribution in [1.82, 2.24) is 10.6 Å².